The van der Waals surface area contributed by atoms with E-state index in [0.717, 1.165) is 10.4 Å². The van der Waals surface area contributed by atoms with Crippen molar-refractivity contribution >= 4 is 40.9 Å². The van der Waals surface area contributed by atoms with Crippen LogP contribution in [0, 0.1) is 5.82 Å². The number of cyclic esters (lactones) is 1. The van der Waals surface area contributed by atoms with Gasteiger partial charge in [0.2, 0.25) is 5.90 Å². The Hall–Kier alpha value is -3.16. The van der Waals surface area contributed by atoms with Gasteiger partial charge >= 0.3 is 5.97 Å². The fourth-order valence-corrected chi connectivity index (χ4v) is 3.69. The smallest absolute Gasteiger partial charge is 0.363 e. The average Bonchev–Trinajstić information content (AvgIpc) is 3.38. The zero-order chi connectivity index (χ0) is 21.1. The molecule has 0 radical (unpaired) electrons. The molecule has 1 aliphatic rings. The van der Waals surface area contributed by atoms with Crippen molar-refractivity contribution in [1.29, 1.82) is 0 Å². The van der Waals surface area contributed by atoms with E-state index in [1.807, 2.05) is 17.5 Å². The molecule has 8 heteroatoms. The van der Waals surface area contributed by atoms with E-state index >= 15 is 0 Å². The third kappa shape index (κ3) is 4.37. The molecule has 152 valence electrons. The lowest BCUT2D eigenvalue weighted by Crippen LogP contribution is -2.03. The Morgan fingerprint density at radius 3 is 2.73 bits per heavy atom. The Morgan fingerprint density at radius 1 is 1.23 bits per heavy atom. The van der Waals surface area contributed by atoms with Gasteiger partial charge in [-0.2, -0.15) is 0 Å². The largest absolute Gasteiger partial charge is 0.493 e. The molecule has 0 unspecified atom stereocenters. The highest BCUT2D eigenvalue weighted by Gasteiger charge is 2.25. The molecule has 4 rings (SSSR count). The quantitative estimate of drug-likeness (QED) is 0.374. The first-order valence-electron chi connectivity index (χ1n) is 8.84. The highest BCUT2D eigenvalue weighted by Crippen LogP contribution is 2.38. The summed E-state index contributed by atoms with van der Waals surface area (Å²) in [7, 11) is 1.49. The van der Waals surface area contributed by atoms with E-state index in [0.29, 0.717) is 22.1 Å². The minimum Gasteiger partial charge on any atom is -0.493 e. The van der Waals surface area contributed by atoms with E-state index in [2.05, 4.69) is 4.99 Å². The van der Waals surface area contributed by atoms with Crippen molar-refractivity contribution in [2.75, 3.05) is 7.11 Å². The topological polar surface area (TPSA) is 57.1 Å². The number of benzene rings is 2. The molecule has 0 aliphatic carbocycles. The van der Waals surface area contributed by atoms with E-state index in [-0.39, 0.29) is 24.0 Å². The molecular weight excluding hydrogens is 429 g/mol. The molecule has 0 amide bonds. The highest BCUT2D eigenvalue weighted by atomic mass is 35.5. The van der Waals surface area contributed by atoms with Gasteiger partial charge in [-0.1, -0.05) is 29.8 Å². The van der Waals surface area contributed by atoms with Crippen LogP contribution in [0.5, 0.6) is 11.5 Å². The summed E-state index contributed by atoms with van der Waals surface area (Å²) in [6.07, 6.45) is 1.57. The molecule has 3 aromatic rings. The number of halogens is 2. The van der Waals surface area contributed by atoms with E-state index in [1.165, 1.54) is 30.6 Å². The standard InChI is InChI=1S/C22H15ClFNO4S/c1-27-18-11-14(10-17-22(26)29-21(25-17)19-3-2-8-30-19)9-16(23)20(18)28-12-13-4-6-15(24)7-5-13/h2-11H,12H2,1H3/b17-10+. The van der Waals surface area contributed by atoms with Crippen molar-refractivity contribution in [2.24, 2.45) is 4.99 Å². The molecular formula is C22H15ClFNO4S. The Morgan fingerprint density at radius 2 is 2.03 bits per heavy atom. The fourth-order valence-electron chi connectivity index (χ4n) is 2.77. The summed E-state index contributed by atoms with van der Waals surface area (Å²) in [4.78, 5) is 17.2. The van der Waals surface area contributed by atoms with E-state index in [9.17, 15) is 9.18 Å². The van der Waals surface area contributed by atoms with Gasteiger partial charge in [-0.25, -0.2) is 14.2 Å². The van der Waals surface area contributed by atoms with Gasteiger partial charge in [0.1, 0.15) is 12.4 Å². The molecule has 0 saturated carbocycles. The van der Waals surface area contributed by atoms with Crippen LogP contribution in [-0.4, -0.2) is 19.0 Å². The summed E-state index contributed by atoms with van der Waals surface area (Å²) in [6.45, 7) is 0.192. The van der Waals surface area contributed by atoms with Crippen LogP contribution >= 0.6 is 22.9 Å². The number of aliphatic imine (C=N–C) groups is 1. The Labute approximate surface area is 181 Å². The lowest BCUT2D eigenvalue weighted by Gasteiger charge is -2.13. The van der Waals surface area contributed by atoms with Crippen molar-refractivity contribution in [3.63, 3.8) is 0 Å². The zero-order valence-electron chi connectivity index (χ0n) is 15.7. The Balaban J connectivity index is 1.58. The number of esters is 1. The van der Waals surface area contributed by atoms with Crippen LogP contribution in [0.1, 0.15) is 16.0 Å². The molecule has 1 aromatic heterocycles. The number of hydrogen-bond acceptors (Lipinski definition) is 6. The summed E-state index contributed by atoms with van der Waals surface area (Å²) in [5.74, 6) is 0.165. The lowest BCUT2D eigenvalue weighted by molar-refractivity contribution is -0.129. The predicted octanol–water partition coefficient (Wildman–Crippen LogP) is 5.47. The zero-order valence-corrected chi connectivity index (χ0v) is 17.3. The number of nitrogens with zero attached hydrogens (tertiary/aromatic N) is 1. The van der Waals surface area contributed by atoms with Gasteiger partial charge in [-0.05, 0) is 52.9 Å². The maximum atomic E-state index is 13.0. The maximum absolute atomic E-state index is 13.0. The Kier molecular flexibility index (Phi) is 5.83. The van der Waals surface area contributed by atoms with Gasteiger partial charge in [0, 0.05) is 0 Å². The summed E-state index contributed by atoms with van der Waals surface area (Å²) < 4.78 is 29.5. The van der Waals surface area contributed by atoms with E-state index < -0.39 is 5.97 Å². The molecule has 30 heavy (non-hydrogen) atoms. The van der Waals surface area contributed by atoms with Crippen LogP contribution in [0.25, 0.3) is 6.08 Å². The first-order valence-corrected chi connectivity index (χ1v) is 10.1. The van der Waals surface area contributed by atoms with Crippen LogP contribution in [0.3, 0.4) is 0 Å². The number of methoxy groups -OCH3 is 1. The minimum absolute atomic E-state index is 0.163. The van der Waals surface area contributed by atoms with Crippen molar-refractivity contribution in [3.05, 3.63) is 86.5 Å². The molecule has 2 heterocycles. The maximum Gasteiger partial charge on any atom is 0.363 e. The number of carbonyl (C=O) groups is 1. The van der Waals surface area contributed by atoms with Crippen molar-refractivity contribution in [2.45, 2.75) is 6.61 Å². The average molecular weight is 444 g/mol. The van der Waals surface area contributed by atoms with Gasteiger partial charge in [-0.15, -0.1) is 11.3 Å². The van der Waals surface area contributed by atoms with Crippen molar-refractivity contribution < 1.29 is 23.4 Å². The first-order chi connectivity index (χ1) is 14.5. The number of rotatable bonds is 6. The predicted molar refractivity (Wildman–Crippen MR) is 114 cm³/mol. The second-order valence-electron chi connectivity index (χ2n) is 6.26. The molecule has 1 aliphatic heterocycles. The van der Waals surface area contributed by atoms with Crippen LogP contribution in [-0.2, 0) is 16.1 Å². The summed E-state index contributed by atoms with van der Waals surface area (Å²) in [6, 6.07) is 13.0. The molecule has 0 bridgehead atoms. The van der Waals surface area contributed by atoms with Crippen molar-refractivity contribution in [1.82, 2.24) is 0 Å². The van der Waals surface area contributed by atoms with Crippen molar-refractivity contribution in [3.8, 4) is 11.5 Å². The summed E-state index contributed by atoms with van der Waals surface area (Å²) in [5.41, 5.74) is 1.55. The first kappa shape index (κ1) is 20.1. The third-order valence-corrected chi connectivity index (χ3v) is 5.34. The molecule has 0 atom stereocenters. The number of thiophene rings is 1. The molecule has 2 aromatic carbocycles. The van der Waals surface area contributed by atoms with E-state index in [1.54, 1.807) is 30.3 Å². The summed E-state index contributed by atoms with van der Waals surface area (Å²) in [5, 5.41) is 2.18. The second-order valence-corrected chi connectivity index (χ2v) is 7.62. The molecule has 0 fully saturated rings. The summed E-state index contributed by atoms with van der Waals surface area (Å²) >= 11 is 7.82. The van der Waals surface area contributed by atoms with Crippen LogP contribution < -0.4 is 9.47 Å². The normalized spacial score (nSPS) is 14.6. The van der Waals surface area contributed by atoms with Crippen LogP contribution in [0.2, 0.25) is 5.02 Å². The number of hydrogen-bond donors (Lipinski definition) is 0. The van der Waals surface area contributed by atoms with Gasteiger partial charge in [0.05, 0.1) is 17.0 Å². The minimum atomic E-state index is -0.537. The fraction of sp³-hybridized carbons (Fsp3) is 0.0909. The van der Waals surface area contributed by atoms with Gasteiger partial charge in [0.25, 0.3) is 0 Å². The molecule has 0 saturated heterocycles. The molecule has 5 nitrogen and oxygen atoms in total. The van der Waals surface area contributed by atoms with Crippen LogP contribution in [0.4, 0.5) is 4.39 Å². The van der Waals surface area contributed by atoms with E-state index in [4.69, 9.17) is 25.8 Å². The monoisotopic (exact) mass is 443 g/mol. The second kappa shape index (κ2) is 8.69. The third-order valence-electron chi connectivity index (χ3n) is 4.20. The lowest BCUT2D eigenvalue weighted by atomic mass is 10.1. The SMILES string of the molecule is COc1cc(/C=C2/N=C(c3cccs3)OC2=O)cc(Cl)c1OCc1ccc(F)cc1. The molecule has 0 spiro atoms. The number of ether oxygens (including phenoxy) is 3. The highest BCUT2D eigenvalue weighted by molar-refractivity contribution is 7.12. The van der Waals surface area contributed by atoms with Gasteiger partial charge < -0.3 is 14.2 Å². The number of carbonyl (C=O) groups excluding carboxylic acids is 1. The Bertz CT molecular complexity index is 1140. The van der Waals surface area contributed by atoms with Gasteiger partial charge in [0.15, 0.2) is 17.2 Å². The van der Waals surface area contributed by atoms with Gasteiger partial charge in [-0.3, -0.25) is 0 Å². The van der Waals surface area contributed by atoms with Crippen LogP contribution in [0.15, 0.2) is 64.6 Å². The molecule has 0 N–H and O–H groups in total.